The van der Waals surface area contributed by atoms with Crippen molar-refractivity contribution >= 4 is 26.6 Å². The van der Waals surface area contributed by atoms with E-state index < -0.39 is 10.0 Å². The van der Waals surface area contributed by atoms with Gasteiger partial charge in [-0.15, -0.1) is 0 Å². The standard InChI is InChI=1S/C13H17N3O3S/c17-20(18,9-11-5-1-2-7-19-11)16-12-6-3-4-10-8-14-15-13(10)12/h3-4,6,8,11,16H,1-2,5,7,9H2,(H,14,15). The van der Waals surface area contributed by atoms with E-state index in [1.54, 1.807) is 18.3 Å². The minimum Gasteiger partial charge on any atom is -0.377 e. The van der Waals surface area contributed by atoms with Crippen molar-refractivity contribution in [2.75, 3.05) is 17.1 Å². The highest BCUT2D eigenvalue weighted by Gasteiger charge is 2.22. The van der Waals surface area contributed by atoms with E-state index >= 15 is 0 Å². The molecule has 1 atom stereocenters. The van der Waals surface area contributed by atoms with Crippen molar-refractivity contribution in [3.8, 4) is 0 Å². The molecule has 6 nitrogen and oxygen atoms in total. The molecule has 0 amide bonds. The number of hydrogen-bond donors (Lipinski definition) is 2. The van der Waals surface area contributed by atoms with Crippen LogP contribution in [0.15, 0.2) is 24.4 Å². The molecular formula is C13H17N3O3S. The van der Waals surface area contributed by atoms with Crippen molar-refractivity contribution in [1.82, 2.24) is 10.2 Å². The van der Waals surface area contributed by atoms with Gasteiger partial charge in [-0.25, -0.2) is 8.42 Å². The molecule has 108 valence electrons. The smallest absolute Gasteiger partial charge is 0.235 e. The fraction of sp³-hybridized carbons (Fsp3) is 0.462. The number of rotatable bonds is 4. The number of nitrogens with zero attached hydrogens (tertiary/aromatic N) is 1. The van der Waals surface area contributed by atoms with E-state index in [1.807, 2.05) is 6.07 Å². The quantitative estimate of drug-likeness (QED) is 0.902. The van der Waals surface area contributed by atoms with Crippen LogP contribution in [-0.4, -0.2) is 37.1 Å². The van der Waals surface area contributed by atoms with E-state index in [0.29, 0.717) is 17.8 Å². The number of para-hydroxylation sites is 1. The first kappa shape index (κ1) is 13.4. The van der Waals surface area contributed by atoms with Crippen molar-refractivity contribution in [1.29, 1.82) is 0 Å². The number of benzene rings is 1. The van der Waals surface area contributed by atoms with Crippen LogP contribution in [0, 0.1) is 0 Å². The highest BCUT2D eigenvalue weighted by molar-refractivity contribution is 7.92. The van der Waals surface area contributed by atoms with Crippen LogP contribution in [-0.2, 0) is 14.8 Å². The number of nitrogens with one attached hydrogen (secondary N) is 2. The van der Waals surface area contributed by atoms with E-state index in [-0.39, 0.29) is 11.9 Å². The van der Waals surface area contributed by atoms with Crippen LogP contribution in [0.3, 0.4) is 0 Å². The van der Waals surface area contributed by atoms with Crippen molar-refractivity contribution in [3.05, 3.63) is 24.4 Å². The van der Waals surface area contributed by atoms with Gasteiger partial charge in [-0.2, -0.15) is 5.10 Å². The summed E-state index contributed by atoms with van der Waals surface area (Å²) in [7, 11) is -3.43. The number of ether oxygens (including phenoxy) is 1. The average Bonchev–Trinajstić information content (AvgIpc) is 2.88. The topological polar surface area (TPSA) is 84.1 Å². The van der Waals surface area contributed by atoms with E-state index in [4.69, 9.17) is 4.74 Å². The maximum absolute atomic E-state index is 12.2. The first-order valence-corrected chi connectivity index (χ1v) is 8.33. The Bertz CT molecular complexity index is 690. The summed E-state index contributed by atoms with van der Waals surface area (Å²) in [6.07, 6.45) is 4.29. The van der Waals surface area contributed by atoms with Crippen molar-refractivity contribution in [2.45, 2.75) is 25.4 Å². The molecular weight excluding hydrogens is 278 g/mol. The number of aromatic amines is 1. The highest BCUT2D eigenvalue weighted by Crippen LogP contribution is 2.22. The average molecular weight is 295 g/mol. The number of H-pyrrole nitrogens is 1. The molecule has 1 saturated heterocycles. The minimum atomic E-state index is -3.43. The van der Waals surface area contributed by atoms with E-state index in [9.17, 15) is 8.42 Å². The molecule has 2 heterocycles. The SMILES string of the molecule is O=S(=O)(CC1CCCCO1)Nc1cccc2cn[nH]c12. The Kier molecular flexibility index (Phi) is 3.62. The predicted molar refractivity (Wildman–Crippen MR) is 77.1 cm³/mol. The van der Waals surface area contributed by atoms with Gasteiger partial charge in [0.05, 0.1) is 29.3 Å². The molecule has 2 N–H and O–H groups in total. The first-order chi connectivity index (χ1) is 9.64. The monoisotopic (exact) mass is 295 g/mol. The first-order valence-electron chi connectivity index (χ1n) is 6.68. The fourth-order valence-corrected chi connectivity index (χ4v) is 3.79. The zero-order chi connectivity index (χ0) is 14.0. The lowest BCUT2D eigenvalue weighted by Gasteiger charge is -2.22. The fourth-order valence-electron chi connectivity index (χ4n) is 2.45. The van der Waals surface area contributed by atoms with Gasteiger partial charge in [0.2, 0.25) is 10.0 Å². The summed E-state index contributed by atoms with van der Waals surface area (Å²) in [5.41, 5.74) is 1.22. The Morgan fingerprint density at radius 2 is 2.30 bits per heavy atom. The van der Waals surface area contributed by atoms with Crippen molar-refractivity contribution in [3.63, 3.8) is 0 Å². The van der Waals surface area contributed by atoms with Crippen LogP contribution in [0.1, 0.15) is 19.3 Å². The largest absolute Gasteiger partial charge is 0.377 e. The van der Waals surface area contributed by atoms with Gasteiger partial charge in [0.15, 0.2) is 0 Å². The van der Waals surface area contributed by atoms with E-state index in [2.05, 4.69) is 14.9 Å². The summed E-state index contributed by atoms with van der Waals surface area (Å²) >= 11 is 0. The second kappa shape index (κ2) is 5.41. The Hall–Kier alpha value is -1.60. The summed E-state index contributed by atoms with van der Waals surface area (Å²) in [6, 6.07) is 5.40. The van der Waals surface area contributed by atoms with Gasteiger partial charge in [-0.05, 0) is 25.3 Å². The van der Waals surface area contributed by atoms with Gasteiger partial charge in [0.1, 0.15) is 0 Å². The lowest BCUT2D eigenvalue weighted by Crippen LogP contribution is -2.30. The van der Waals surface area contributed by atoms with Gasteiger partial charge >= 0.3 is 0 Å². The molecule has 0 bridgehead atoms. The lowest BCUT2D eigenvalue weighted by atomic mass is 10.1. The second-order valence-electron chi connectivity index (χ2n) is 5.01. The zero-order valence-corrected chi connectivity index (χ0v) is 11.8. The molecule has 1 fully saturated rings. The van der Waals surface area contributed by atoms with Gasteiger partial charge in [0, 0.05) is 12.0 Å². The lowest BCUT2D eigenvalue weighted by molar-refractivity contribution is 0.0306. The van der Waals surface area contributed by atoms with Crippen LogP contribution in [0.25, 0.3) is 10.9 Å². The maximum Gasteiger partial charge on any atom is 0.235 e. The third-order valence-electron chi connectivity index (χ3n) is 3.42. The molecule has 1 aromatic carbocycles. The van der Waals surface area contributed by atoms with Crippen LogP contribution < -0.4 is 4.72 Å². The number of sulfonamides is 1. The summed E-state index contributed by atoms with van der Waals surface area (Å²) in [5, 5.41) is 7.60. The van der Waals surface area contributed by atoms with Gasteiger partial charge in [0.25, 0.3) is 0 Å². The van der Waals surface area contributed by atoms with Crippen LogP contribution in [0.5, 0.6) is 0 Å². The summed E-state index contributed by atoms with van der Waals surface area (Å²) in [6.45, 7) is 0.649. The van der Waals surface area contributed by atoms with Gasteiger partial charge < -0.3 is 4.74 Å². The zero-order valence-electron chi connectivity index (χ0n) is 11.0. The van der Waals surface area contributed by atoms with Crippen LogP contribution >= 0.6 is 0 Å². The normalized spacial score (nSPS) is 20.1. The van der Waals surface area contributed by atoms with Crippen molar-refractivity contribution in [2.24, 2.45) is 0 Å². The highest BCUT2D eigenvalue weighted by atomic mass is 32.2. The minimum absolute atomic E-state index is 0.00246. The summed E-state index contributed by atoms with van der Waals surface area (Å²) in [4.78, 5) is 0. The Morgan fingerprint density at radius 1 is 1.40 bits per heavy atom. The molecule has 1 unspecified atom stereocenters. The number of aromatic nitrogens is 2. The molecule has 1 aliphatic rings. The third kappa shape index (κ3) is 2.94. The van der Waals surface area contributed by atoms with Gasteiger partial charge in [-0.1, -0.05) is 12.1 Å². The summed E-state index contributed by atoms with van der Waals surface area (Å²) in [5.74, 6) is -0.00246. The number of hydrogen-bond acceptors (Lipinski definition) is 4. The molecule has 0 saturated carbocycles. The second-order valence-corrected chi connectivity index (χ2v) is 6.78. The Morgan fingerprint density at radius 3 is 3.10 bits per heavy atom. The predicted octanol–water partition coefficient (Wildman–Crippen LogP) is 1.87. The molecule has 1 aliphatic heterocycles. The maximum atomic E-state index is 12.2. The van der Waals surface area contributed by atoms with E-state index in [0.717, 1.165) is 24.6 Å². The molecule has 0 aliphatic carbocycles. The molecule has 0 radical (unpaired) electrons. The van der Waals surface area contributed by atoms with Crippen LogP contribution in [0.4, 0.5) is 5.69 Å². The molecule has 2 aromatic rings. The molecule has 3 rings (SSSR count). The Balaban J connectivity index is 1.77. The number of fused-ring (bicyclic) bond motifs is 1. The Labute approximate surface area is 117 Å². The van der Waals surface area contributed by atoms with Gasteiger partial charge in [-0.3, -0.25) is 9.82 Å². The van der Waals surface area contributed by atoms with Crippen LogP contribution in [0.2, 0.25) is 0 Å². The molecule has 20 heavy (non-hydrogen) atoms. The molecule has 0 spiro atoms. The molecule has 7 heteroatoms. The molecule has 1 aromatic heterocycles. The van der Waals surface area contributed by atoms with Crippen molar-refractivity contribution < 1.29 is 13.2 Å². The van der Waals surface area contributed by atoms with E-state index in [1.165, 1.54) is 0 Å². The summed E-state index contributed by atoms with van der Waals surface area (Å²) < 4.78 is 32.5. The number of anilines is 1. The third-order valence-corrected chi connectivity index (χ3v) is 4.76.